The molecule has 0 bridgehead atoms. The zero-order chi connectivity index (χ0) is 23.2. The molecule has 33 heavy (non-hydrogen) atoms. The van der Waals surface area contributed by atoms with Gasteiger partial charge in [0.15, 0.2) is 16.7 Å². The highest BCUT2D eigenvalue weighted by atomic mass is 35.5. The molecule has 0 atom stereocenters. The molecule has 1 aliphatic heterocycles. The summed E-state index contributed by atoms with van der Waals surface area (Å²) in [5.74, 6) is 2.81. The van der Waals surface area contributed by atoms with Crippen LogP contribution in [0.4, 0.5) is 5.82 Å². The van der Waals surface area contributed by atoms with Gasteiger partial charge in [-0.1, -0.05) is 41.6 Å². The second kappa shape index (κ2) is 10.8. The first-order valence-electron chi connectivity index (χ1n) is 10.7. The van der Waals surface area contributed by atoms with Crippen molar-refractivity contribution in [3.05, 3.63) is 70.4 Å². The van der Waals surface area contributed by atoms with E-state index in [-0.39, 0.29) is 12.7 Å². The zero-order valence-corrected chi connectivity index (χ0v) is 20.1. The van der Waals surface area contributed by atoms with Crippen LogP contribution in [0.3, 0.4) is 0 Å². The van der Waals surface area contributed by atoms with Gasteiger partial charge in [0.2, 0.25) is 6.79 Å². The lowest BCUT2D eigenvalue weighted by molar-refractivity contribution is 0.0951. The number of carbonyl (C=O) groups is 1. The largest absolute Gasteiger partial charge is 0.454 e. The summed E-state index contributed by atoms with van der Waals surface area (Å²) in [7, 11) is 0. The molecule has 1 N–H and O–H groups in total. The Morgan fingerprint density at radius 2 is 1.76 bits per heavy atom. The molecular weight excluding hydrogens is 460 g/mol. The van der Waals surface area contributed by atoms with Crippen LogP contribution in [-0.4, -0.2) is 35.8 Å². The number of hydrogen-bond donors (Lipinski definition) is 1. The summed E-state index contributed by atoms with van der Waals surface area (Å²) in [5, 5.41) is 4.01. The molecule has 3 aromatic rings. The average molecular weight is 485 g/mol. The van der Waals surface area contributed by atoms with E-state index >= 15 is 0 Å². The second-order valence-electron chi connectivity index (χ2n) is 7.36. The lowest BCUT2D eigenvalue weighted by Crippen LogP contribution is -2.23. The van der Waals surface area contributed by atoms with Crippen molar-refractivity contribution in [2.45, 2.75) is 31.3 Å². The first-order valence-corrected chi connectivity index (χ1v) is 12.1. The Labute approximate surface area is 202 Å². The van der Waals surface area contributed by atoms with Gasteiger partial charge in [-0.2, -0.15) is 0 Å². The molecule has 0 saturated heterocycles. The lowest BCUT2D eigenvalue weighted by atomic mass is 10.1. The van der Waals surface area contributed by atoms with Crippen molar-refractivity contribution >= 4 is 35.1 Å². The van der Waals surface area contributed by atoms with E-state index in [1.807, 2.05) is 42.5 Å². The molecule has 0 spiro atoms. The van der Waals surface area contributed by atoms with Gasteiger partial charge in [0.05, 0.1) is 0 Å². The van der Waals surface area contributed by atoms with E-state index in [4.69, 9.17) is 21.1 Å². The van der Waals surface area contributed by atoms with Gasteiger partial charge >= 0.3 is 0 Å². The SMILES string of the molecule is CCN(CC)c1cc(Cl)nc(SCc2ccc(C(=O)NCc3ccc4c(c3)OCO4)cc2)n1. The average Bonchev–Trinajstić information content (AvgIpc) is 3.30. The first kappa shape index (κ1) is 23.2. The van der Waals surface area contributed by atoms with Gasteiger partial charge in [-0.15, -0.1) is 0 Å². The van der Waals surface area contributed by atoms with Gasteiger partial charge in [-0.3, -0.25) is 4.79 Å². The number of thioether (sulfide) groups is 1. The van der Waals surface area contributed by atoms with E-state index in [9.17, 15) is 4.79 Å². The predicted molar refractivity (Wildman–Crippen MR) is 130 cm³/mol. The predicted octanol–water partition coefficient (Wildman–Crippen LogP) is 4.93. The standard InChI is InChI=1S/C24H25ClN4O3S/c1-3-29(4-2)22-12-21(25)27-24(28-22)33-14-16-5-8-18(9-6-16)23(30)26-13-17-7-10-19-20(11-17)32-15-31-19/h5-12H,3-4,13-15H2,1-2H3,(H,26,30). The molecule has 0 radical (unpaired) electrons. The van der Waals surface area contributed by atoms with Crippen LogP contribution < -0.4 is 19.7 Å². The van der Waals surface area contributed by atoms with Gasteiger partial charge < -0.3 is 19.7 Å². The number of anilines is 1. The van der Waals surface area contributed by atoms with E-state index in [2.05, 4.69) is 34.0 Å². The quantitative estimate of drug-likeness (QED) is 0.262. The molecule has 0 aliphatic carbocycles. The highest BCUT2D eigenvalue weighted by Crippen LogP contribution is 2.32. The van der Waals surface area contributed by atoms with Crippen LogP contribution in [0.5, 0.6) is 11.5 Å². The number of fused-ring (bicyclic) bond motifs is 1. The number of halogens is 1. The van der Waals surface area contributed by atoms with Crippen LogP contribution in [0.1, 0.15) is 35.3 Å². The summed E-state index contributed by atoms with van der Waals surface area (Å²) < 4.78 is 10.7. The highest BCUT2D eigenvalue weighted by molar-refractivity contribution is 7.98. The third kappa shape index (κ3) is 5.89. The number of rotatable bonds is 9. The minimum Gasteiger partial charge on any atom is -0.454 e. The van der Waals surface area contributed by atoms with Crippen LogP contribution in [0.25, 0.3) is 0 Å². The Morgan fingerprint density at radius 3 is 2.52 bits per heavy atom. The fraction of sp³-hybridized carbons (Fsp3) is 0.292. The molecule has 1 aliphatic rings. The summed E-state index contributed by atoms with van der Waals surface area (Å²) >= 11 is 7.71. The Kier molecular flexibility index (Phi) is 7.57. The van der Waals surface area contributed by atoms with Gasteiger partial charge in [0.25, 0.3) is 5.91 Å². The van der Waals surface area contributed by atoms with Crippen molar-refractivity contribution in [2.75, 3.05) is 24.8 Å². The third-order valence-corrected chi connectivity index (χ3v) is 6.33. The summed E-state index contributed by atoms with van der Waals surface area (Å²) in [6, 6.07) is 15.0. The molecule has 1 amide bonds. The topological polar surface area (TPSA) is 76.6 Å². The smallest absolute Gasteiger partial charge is 0.251 e. The van der Waals surface area contributed by atoms with Crippen LogP contribution in [0, 0.1) is 0 Å². The van der Waals surface area contributed by atoms with Crippen LogP contribution in [0.2, 0.25) is 5.15 Å². The summed E-state index contributed by atoms with van der Waals surface area (Å²) in [6.45, 7) is 6.51. The van der Waals surface area contributed by atoms with Gasteiger partial charge in [0, 0.05) is 37.0 Å². The van der Waals surface area contributed by atoms with E-state index in [1.54, 1.807) is 6.07 Å². The maximum absolute atomic E-state index is 12.5. The number of carbonyl (C=O) groups excluding carboxylic acids is 1. The normalized spacial score (nSPS) is 12.0. The molecule has 2 aromatic carbocycles. The maximum atomic E-state index is 12.5. The third-order valence-electron chi connectivity index (χ3n) is 5.22. The summed E-state index contributed by atoms with van der Waals surface area (Å²) in [5.41, 5.74) is 2.62. The maximum Gasteiger partial charge on any atom is 0.251 e. The Morgan fingerprint density at radius 1 is 1.03 bits per heavy atom. The number of hydrogen-bond acceptors (Lipinski definition) is 7. The van der Waals surface area contributed by atoms with Crippen LogP contribution >= 0.6 is 23.4 Å². The molecule has 172 valence electrons. The molecule has 1 aromatic heterocycles. The Bertz CT molecular complexity index is 1120. The molecule has 0 fully saturated rings. The highest BCUT2D eigenvalue weighted by Gasteiger charge is 2.14. The number of ether oxygens (including phenoxy) is 2. The minimum atomic E-state index is -0.131. The first-order chi connectivity index (χ1) is 16.1. The number of nitrogens with zero attached hydrogens (tertiary/aromatic N) is 3. The Balaban J connectivity index is 1.32. The number of aromatic nitrogens is 2. The number of nitrogens with one attached hydrogen (secondary N) is 1. The summed E-state index contributed by atoms with van der Waals surface area (Å²) in [4.78, 5) is 23.6. The second-order valence-corrected chi connectivity index (χ2v) is 8.69. The molecule has 9 heteroatoms. The Hall–Kier alpha value is -2.97. The fourth-order valence-electron chi connectivity index (χ4n) is 3.40. The van der Waals surface area contributed by atoms with E-state index in [0.717, 1.165) is 35.8 Å². The fourth-order valence-corrected chi connectivity index (χ4v) is 4.43. The number of benzene rings is 2. The molecule has 0 saturated carbocycles. The van der Waals surface area contributed by atoms with Crippen molar-refractivity contribution in [1.29, 1.82) is 0 Å². The zero-order valence-electron chi connectivity index (χ0n) is 18.5. The van der Waals surface area contributed by atoms with Crippen molar-refractivity contribution in [2.24, 2.45) is 0 Å². The summed E-state index contributed by atoms with van der Waals surface area (Å²) in [6.07, 6.45) is 0. The minimum absolute atomic E-state index is 0.131. The van der Waals surface area contributed by atoms with Crippen molar-refractivity contribution in [3.63, 3.8) is 0 Å². The monoisotopic (exact) mass is 484 g/mol. The molecule has 4 rings (SSSR count). The van der Waals surface area contributed by atoms with E-state index in [1.165, 1.54) is 11.8 Å². The molecule has 0 unspecified atom stereocenters. The van der Waals surface area contributed by atoms with Crippen molar-refractivity contribution in [3.8, 4) is 11.5 Å². The van der Waals surface area contributed by atoms with Crippen LogP contribution in [-0.2, 0) is 12.3 Å². The lowest BCUT2D eigenvalue weighted by Gasteiger charge is -2.20. The van der Waals surface area contributed by atoms with Crippen molar-refractivity contribution in [1.82, 2.24) is 15.3 Å². The molecule has 2 heterocycles. The van der Waals surface area contributed by atoms with Gasteiger partial charge in [0.1, 0.15) is 11.0 Å². The van der Waals surface area contributed by atoms with Gasteiger partial charge in [-0.25, -0.2) is 9.97 Å². The van der Waals surface area contributed by atoms with Crippen LogP contribution in [0.15, 0.2) is 53.7 Å². The van der Waals surface area contributed by atoms with Crippen molar-refractivity contribution < 1.29 is 14.3 Å². The van der Waals surface area contributed by atoms with E-state index < -0.39 is 0 Å². The van der Waals surface area contributed by atoms with Gasteiger partial charge in [-0.05, 0) is 49.2 Å². The van der Waals surface area contributed by atoms with E-state index in [0.29, 0.717) is 33.9 Å². The number of amides is 1. The molecule has 7 nitrogen and oxygen atoms in total. The molecular formula is C24H25ClN4O3S.